The van der Waals surface area contributed by atoms with Crippen LogP contribution in [0.4, 0.5) is 15.8 Å². The largest absolute Gasteiger partial charge is 0.504 e. The maximum atomic E-state index is 13.5. The Bertz CT molecular complexity index is 1180. The van der Waals surface area contributed by atoms with Gasteiger partial charge in [-0.25, -0.2) is 14.4 Å². The molecule has 3 atom stereocenters. The normalized spacial score (nSPS) is 22.4. The van der Waals surface area contributed by atoms with E-state index < -0.39 is 35.7 Å². The van der Waals surface area contributed by atoms with E-state index in [1.54, 1.807) is 30.3 Å². The SMILES string of the molecule is COc1cccc(C2C3C(=O)N(c4ccc(F)cc4)C(=O)C3ON2c2ccccc2)c1O. The molecule has 0 radical (unpaired) electrons. The fourth-order valence-corrected chi connectivity index (χ4v) is 4.32. The molecular formula is C24H19FN2O5. The van der Waals surface area contributed by atoms with Crippen LogP contribution in [0.3, 0.4) is 0 Å². The summed E-state index contributed by atoms with van der Waals surface area (Å²) in [6.07, 6.45) is -1.09. The Morgan fingerprint density at radius 2 is 1.62 bits per heavy atom. The van der Waals surface area contributed by atoms with Gasteiger partial charge in [0, 0.05) is 5.56 Å². The molecule has 2 amide bonds. The first kappa shape index (κ1) is 20.0. The zero-order chi connectivity index (χ0) is 22.4. The Hall–Kier alpha value is -3.91. The van der Waals surface area contributed by atoms with Gasteiger partial charge in [0.25, 0.3) is 5.91 Å². The van der Waals surface area contributed by atoms with E-state index in [-0.39, 0.29) is 17.2 Å². The average Bonchev–Trinajstić information content (AvgIpc) is 3.31. The fraction of sp³-hybridized carbons (Fsp3) is 0.167. The summed E-state index contributed by atoms with van der Waals surface area (Å²) in [5.41, 5.74) is 1.28. The lowest BCUT2D eigenvalue weighted by atomic mass is 9.90. The topological polar surface area (TPSA) is 79.3 Å². The quantitative estimate of drug-likeness (QED) is 0.633. The lowest BCUT2D eigenvalue weighted by Gasteiger charge is -2.29. The molecule has 2 heterocycles. The van der Waals surface area contributed by atoms with Crippen molar-refractivity contribution in [2.75, 3.05) is 17.1 Å². The number of aromatic hydroxyl groups is 1. The van der Waals surface area contributed by atoms with Gasteiger partial charge in [0.15, 0.2) is 17.6 Å². The molecule has 0 aliphatic carbocycles. The standard InChI is InChI=1S/C24H19FN2O5/c1-31-18-9-5-8-17(21(18)28)20-19-22(32-27(20)16-6-3-2-4-7-16)24(30)26(23(19)29)15-12-10-14(25)11-13-15/h2-13,19-20,22,28H,1H3. The van der Waals surface area contributed by atoms with Crippen molar-refractivity contribution >= 4 is 23.2 Å². The number of fused-ring (bicyclic) bond motifs is 1. The molecule has 1 N–H and O–H groups in total. The molecule has 0 spiro atoms. The molecule has 2 saturated heterocycles. The minimum atomic E-state index is -1.09. The van der Waals surface area contributed by atoms with Gasteiger partial charge in [0.2, 0.25) is 5.91 Å². The van der Waals surface area contributed by atoms with Crippen molar-refractivity contribution in [1.82, 2.24) is 0 Å². The van der Waals surface area contributed by atoms with E-state index in [4.69, 9.17) is 9.57 Å². The number of para-hydroxylation sites is 2. The third-order valence-corrected chi connectivity index (χ3v) is 5.78. The molecule has 0 aromatic heterocycles. The van der Waals surface area contributed by atoms with Gasteiger partial charge in [0.1, 0.15) is 17.8 Å². The highest BCUT2D eigenvalue weighted by atomic mass is 19.1. The van der Waals surface area contributed by atoms with Crippen LogP contribution >= 0.6 is 0 Å². The Kier molecular flexibility index (Phi) is 4.79. The monoisotopic (exact) mass is 434 g/mol. The van der Waals surface area contributed by atoms with Crippen LogP contribution < -0.4 is 14.7 Å². The number of anilines is 2. The molecular weight excluding hydrogens is 415 g/mol. The Morgan fingerprint density at radius 3 is 2.31 bits per heavy atom. The van der Waals surface area contributed by atoms with Crippen LogP contribution in [0.25, 0.3) is 0 Å². The van der Waals surface area contributed by atoms with Crippen molar-refractivity contribution in [3.05, 3.63) is 84.2 Å². The van der Waals surface area contributed by atoms with E-state index in [0.717, 1.165) is 4.90 Å². The van der Waals surface area contributed by atoms with Gasteiger partial charge in [-0.05, 0) is 42.5 Å². The number of phenols is 1. The van der Waals surface area contributed by atoms with Gasteiger partial charge in [0.05, 0.1) is 18.5 Å². The minimum absolute atomic E-state index is 0.134. The molecule has 7 nitrogen and oxygen atoms in total. The lowest BCUT2D eigenvalue weighted by molar-refractivity contribution is -0.126. The van der Waals surface area contributed by atoms with E-state index in [2.05, 4.69) is 0 Å². The second-order valence-electron chi connectivity index (χ2n) is 7.54. The number of carbonyl (C=O) groups is 2. The summed E-state index contributed by atoms with van der Waals surface area (Å²) in [7, 11) is 1.43. The molecule has 3 aromatic carbocycles. The van der Waals surface area contributed by atoms with E-state index >= 15 is 0 Å². The van der Waals surface area contributed by atoms with Gasteiger partial charge in [-0.3, -0.25) is 14.4 Å². The summed E-state index contributed by atoms with van der Waals surface area (Å²) in [4.78, 5) is 33.8. The van der Waals surface area contributed by atoms with Crippen LogP contribution in [0, 0.1) is 11.7 Å². The van der Waals surface area contributed by atoms with Crippen molar-refractivity contribution in [2.24, 2.45) is 5.92 Å². The number of hydroxylamine groups is 1. The Balaban J connectivity index is 1.62. The van der Waals surface area contributed by atoms with Crippen molar-refractivity contribution in [3.8, 4) is 11.5 Å². The number of methoxy groups -OCH3 is 1. The number of benzene rings is 3. The highest BCUT2D eigenvalue weighted by Gasteiger charge is 2.60. The molecule has 3 aromatic rings. The van der Waals surface area contributed by atoms with Crippen LogP contribution in [0.1, 0.15) is 11.6 Å². The maximum absolute atomic E-state index is 13.5. The molecule has 3 unspecified atom stereocenters. The van der Waals surface area contributed by atoms with Crippen LogP contribution in [-0.4, -0.2) is 30.1 Å². The molecule has 5 rings (SSSR count). The highest BCUT2D eigenvalue weighted by molar-refractivity contribution is 6.23. The number of hydrogen-bond acceptors (Lipinski definition) is 6. The Morgan fingerprint density at radius 1 is 0.906 bits per heavy atom. The number of phenolic OH excluding ortho intramolecular Hbond substituents is 1. The van der Waals surface area contributed by atoms with Crippen LogP contribution in [0.15, 0.2) is 72.8 Å². The summed E-state index contributed by atoms with van der Waals surface area (Å²) in [5.74, 6) is -2.32. The van der Waals surface area contributed by atoms with E-state index in [1.165, 1.54) is 36.4 Å². The van der Waals surface area contributed by atoms with E-state index in [0.29, 0.717) is 11.3 Å². The zero-order valence-electron chi connectivity index (χ0n) is 17.0. The number of rotatable bonds is 4. The minimum Gasteiger partial charge on any atom is -0.504 e. The van der Waals surface area contributed by atoms with E-state index in [9.17, 15) is 19.1 Å². The second-order valence-corrected chi connectivity index (χ2v) is 7.54. The number of hydrogen-bond donors (Lipinski definition) is 1. The third kappa shape index (κ3) is 2.99. The fourth-order valence-electron chi connectivity index (χ4n) is 4.32. The molecule has 0 saturated carbocycles. The second kappa shape index (κ2) is 7.65. The number of ether oxygens (including phenoxy) is 1. The molecule has 2 aliphatic heterocycles. The smallest absolute Gasteiger partial charge is 0.266 e. The van der Waals surface area contributed by atoms with Gasteiger partial charge >= 0.3 is 0 Å². The van der Waals surface area contributed by atoms with Gasteiger partial charge in [-0.15, -0.1) is 0 Å². The first-order chi connectivity index (χ1) is 15.5. The van der Waals surface area contributed by atoms with Gasteiger partial charge in [-0.1, -0.05) is 30.3 Å². The number of nitrogens with zero attached hydrogens (tertiary/aromatic N) is 2. The number of halogens is 1. The summed E-state index contributed by atoms with van der Waals surface area (Å²) >= 11 is 0. The molecule has 0 bridgehead atoms. The predicted molar refractivity (Wildman–Crippen MR) is 114 cm³/mol. The van der Waals surface area contributed by atoms with Crippen molar-refractivity contribution in [2.45, 2.75) is 12.1 Å². The first-order valence-electron chi connectivity index (χ1n) is 10.0. The predicted octanol–water partition coefficient (Wildman–Crippen LogP) is 3.59. The van der Waals surface area contributed by atoms with Gasteiger partial charge < -0.3 is 9.84 Å². The molecule has 8 heteroatoms. The van der Waals surface area contributed by atoms with Crippen LogP contribution in [0.5, 0.6) is 11.5 Å². The molecule has 2 fully saturated rings. The van der Waals surface area contributed by atoms with Crippen molar-refractivity contribution < 1.29 is 28.7 Å². The lowest BCUT2D eigenvalue weighted by Crippen LogP contribution is -2.37. The summed E-state index contributed by atoms with van der Waals surface area (Å²) in [6.45, 7) is 0. The van der Waals surface area contributed by atoms with Gasteiger partial charge in [-0.2, -0.15) is 0 Å². The van der Waals surface area contributed by atoms with Crippen molar-refractivity contribution in [3.63, 3.8) is 0 Å². The van der Waals surface area contributed by atoms with E-state index in [1.807, 2.05) is 18.2 Å². The maximum Gasteiger partial charge on any atom is 0.266 e. The summed E-state index contributed by atoms with van der Waals surface area (Å²) < 4.78 is 18.6. The van der Waals surface area contributed by atoms with Crippen LogP contribution in [0.2, 0.25) is 0 Å². The molecule has 162 valence electrons. The highest BCUT2D eigenvalue weighted by Crippen LogP contribution is 2.50. The number of amides is 2. The summed E-state index contributed by atoms with van der Waals surface area (Å²) in [6, 6.07) is 18.3. The van der Waals surface area contributed by atoms with Crippen molar-refractivity contribution in [1.29, 1.82) is 0 Å². The third-order valence-electron chi connectivity index (χ3n) is 5.78. The summed E-state index contributed by atoms with van der Waals surface area (Å²) in [5, 5.41) is 12.3. The Labute approximate surface area is 183 Å². The number of carbonyl (C=O) groups excluding carboxylic acids is 2. The molecule has 2 aliphatic rings. The number of imide groups is 1. The van der Waals surface area contributed by atoms with Crippen LogP contribution in [-0.2, 0) is 14.4 Å². The first-order valence-corrected chi connectivity index (χ1v) is 10.0. The average molecular weight is 434 g/mol. The molecule has 32 heavy (non-hydrogen) atoms. The zero-order valence-corrected chi connectivity index (χ0v) is 17.0.